The number of aryl methyl sites for hydroxylation is 1. The molecule has 0 unspecified atom stereocenters. The number of primary amides is 1. The molecular weight excluding hydrogens is 398 g/mol. The van der Waals surface area contributed by atoms with Crippen LogP contribution in [0.3, 0.4) is 0 Å². The van der Waals surface area contributed by atoms with Gasteiger partial charge in [0.2, 0.25) is 0 Å². The van der Waals surface area contributed by atoms with Crippen molar-refractivity contribution in [3.63, 3.8) is 0 Å². The van der Waals surface area contributed by atoms with Gasteiger partial charge in [0.1, 0.15) is 22.0 Å². The van der Waals surface area contributed by atoms with Crippen LogP contribution in [0.5, 0.6) is 0 Å². The summed E-state index contributed by atoms with van der Waals surface area (Å²) in [5, 5.41) is 7.53. The van der Waals surface area contributed by atoms with E-state index in [1.807, 2.05) is 30.3 Å². The van der Waals surface area contributed by atoms with Crippen LogP contribution < -0.4 is 11.1 Å². The van der Waals surface area contributed by atoms with Gasteiger partial charge in [-0.05, 0) is 37.7 Å². The van der Waals surface area contributed by atoms with Crippen LogP contribution in [-0.4, -0.2) is 17.0 Å². The van der Waals surface area contributed by atoms with Gasteiger partial charge in [0, 0.05) is 10.4 Å². The highest BCUT2D eigenvalue weighted by Gasteiger charge is 2.30. The molecule has 1 aliphatic rings. The Morgan fingerprint density at radius 2 is 2.03 bits per heavy atom. The van der Waals surface area contributed by atoms with E-state index in [0.29, 0.717) is 33.5 Å². The molecular formula is C23H25N3O3S. The molecule has 0 saturated carbocycles. The average Bonchev–Trinajstić information content (AvgIpc) is 3.28. The van der Waals surface area contributed by atoms with Crippen molar-refractivity contribution in [3.05, 3.63) is 57.7 Å². The topological polar surface area (TPSA) is 98.2 Å². The van der Waals surface area contributed by atoms with Crippen LogP contribution in [0.4, 0.5) is 5.00 Å². The lowest BCUT2D eigenvalue weighted by molar-refractivity contribution is 0.1000. The third-order valence-electron chi connectivity index (χ3n) is 5.67. The van der Waals surface area contributed by atoms with Crippen LogP contribution in [0.2, 0.25) is 0 Å². The van der Waals surface area contributed by atoms with Crippen molar-refractivity contribution in [1.29, 1.82) is 0 Å². The Kier molecular flexibility index (Phi) is 5.72. The number of anilines is 1. The Bertz CT molecular complexity index is 1080. The number of nitrogens with one attached hydrogen (secondary N) is 1. The zero-order valence-corrected chi connectivity index (χ0v) is 18.0. The fourth-order valence-corrected chi connectivity index (χ4v) is 5.62. The summed E-state index contributed by atoms with van der Waals surface area (Å²) in [4.78, 5) is 26.6. The number of nitrogens with two attached hydrogens (primary N) is 1. The van der Waals surface area contributed by atoms with Crippen LogP contribution in [0.25, 0.3) is 11.3 Å². The summed E-state index contributed by atoms with van der Waals surface area (Å²) in [6.45, 7) is 3.90. The van der Waals surface area contributed by atoms with Crippen molar-refractivity contribution in [3.8, 4) is 11.3 Å². The molecule has 2 amide bonds. The van der Waals surface area contributed by atoms with Gasteiger partial charge in [-0.2, -0.15) is 0 Å². The lowest BCUT2D eigenvalue weighted by atomic mass is 9.84. The van der Waals surface area contributed by atoms with Crippen LogP contribution in [-0.2, 0) is 12.8 Å². The first-order valence-electron chi connectivity index (χ1n) is 10.3. The van der Waals surface area contributed by atoms with Gasteiger partial charge in [-0.3, -0.25) is 9.59 Å². The molecule has 6 nitrogen and oxygen atoms in total. The minimum Gasteiger partial charge on any atom is -0.365 e. The number of carbonyl (C=O) groups excluding carboxylic acids is 2. The number of hydrogen-bond acceptors (Lipinski definition) is 5. The third-order valence-corrected chi connectivity index (χ3v) is 6.84. The molecule has 0 fully saturated rings. The van der Waals surface area contributed by atoms with Crippen molar-refractivity contribution in [2.24, 2.45) is 11.7 Å². The number of fused-ring (bicyclic) bond motifs is 1. The second-order valence-electron chi connectivity index (χ2n) is 7.75. The molecule has 1 aliphatic carbocycles. The van der Waals surface area contributed by atoms with Crippen molar-refractivity contribution < 1.29 is 14.1 Å². The average molecular weight is 424 g/mol. The van der Waals surface area contributed by atoms with E-state index in [9.17, 15) is 9.59 Å². The third kappa shape index (κ3) is 3.77. The maximum atomic E-state index is 13.2. The van der Waals surface area contributed by atoms with E-state index in [4.69, 9.17) is 10.3 Å². The Balaban J connectivity index is 1.67. The summed E-state index contributed by atoms with van der Waals surface area (Å²) < 4.78 is 5.31. The second-order valence-corrected chi connectivity index (χ2v) is 8.86. The second kappa shape index (κ2) is 8.44. The Hall–Kier alpha value is -2.93. The number of thiophene rings is 1. The number of hydrogen-bond donors (Lipinski definition) is 2. The minimum absolute atomic E-state index is 0.348. The standard InChI is InChI=1S/C23H25N3O3S/c1-3-7-14-10-11-16-17(12-14)30-23(19(16)21(24)27)25-22(28)18-13(2)29-26-20(18)15-8-5-4-6-9-15/h4-6,8-9,14H,3,7,10-12H2,1-2H3,(H2,24,27)(H,25,28)/t14-/m0/s1. The SMILES string of the molecule is CCC[C@H]1CCc2c(sc(NC(=O)c3c(-c4ccccc4)noc3C)c2C(N)=O)C1. The molecule has 2 aromatic heterocycles. The molecule has 1 atom stereocenters. The maximum absolute atomic E-state index is 13.2. The van der Waals surface area contributed by atoms with Gasteiger partial charge in [-0.25, -0.2) is 0 Å². The smallest absolute Gasteiger partial charge is 0.262 e. The molecule has 0 saturated heterocycles. The summed E-state index contributed by atoms with van der Waals surface area (Å²) in [7, 11) is 0. The minimum atomic E-state index is -0.498. The van der Waals surface area contributed by atoms with Crippen LogP contribution in [0, 0.1) is 12.8 Å². The number of nitrogens with zero attached hydrogens (tertiary/aromatic N) is 1. The summed E-state index contributed by atoms with van der Waals surface area (Å²) in [6.07, 6.45) is 5.13. The first-order valence-corrected chi connectivity index (χ1v) is 11.1. The van der Waals surface area contributed by atoms with Gasteiger partial charge < -0.3 is 15.6 Å². The zero-order valence-electron chi connectivity index (χ0n) is 17.2. The van der Waals surface area contributed by atoms with Crippen molar-refractivity contribution in [2.45, 2.75) is 46.0 Å². The highest BCUT2D eigenvalue weighted by Crippen LogP contribution is 2.41. The quantitative estimate of drug-likeness (QED) is 0.585. The van der Waals surface area contributed by atoms with E-state index in [1.54, 1.807) is 6.92 Å². The molecule has 1 aromatic carbocycles. The van der Waals surface area contributed by atoms with Crippen LogP contribution >= 0.6 is 11.3 Å². The largest absolute Gasteiger partial charge is 0.365 e. The summed E-state index contributed by atoms with van der Waals surface area (Å²) in [5.41, 5.74) is 8.80. The lowest BCUT2D eigenvalue weighted by Gasteiger charge is -2.21. The molecule has 0 bridgehead atoms. The lowest BCUT2D eigenvalue weighted by Crippen LogP contribution is -2.20. The van der Waals surface area contributed by atoms with E-state index in [-0.39, 0.29) is 5.91 Å². The van der Waals surface area contributed by atoms with Gasteiger partial charge >= 0.3 is 0 Å². The summed E-state index contributed by atoms with van der Waals surface area (Å²) in [5.74, 6) is 0.201. The monoisotopic (exact) mass is 423 g/mol. The van der Waals surface area contributed by atoms with Crippen LogP contribution in [0.15, 0.2) is 34.9 Å². The molecule has 4 rings (SSSR count). The number of rotatable bonds is 6. The molecule has 3 N–H and O–H groups in total. The molecule has 3 aromatic rings. The molecule has 0 aliphatic heterocycles. The Morgan fingerprint density at radius 1 is 1.27 bits per heavy atom. The van der Waals surface area contributed by atoms with E-state index < -0.39 is 5.91 Å². The van der Waals surface area contributed by atoms with Gasteiger partial charge in [-0.1, -0.05) is 55.3 Å². The van der Waals surface area contributed by atoms with Crippen molar-refractivity contribution >= 4 is 28.2 Å². The highest BCUT2D eigenvalue weighted by molar-refractivity contribution is 7.17. The number of carbonyl (C=O) groups is 2. The molecule has 30 heavy (non-hydrogen) atoms. The van der Waals surface area contributed by atoms with E-state index >= 15 is 0 Å². The zero-order chi connectivity index (χ0) is 21.3. The first-order chi connectivity index (χ1) is 14.5. The number of amides is 2. The van der Waals surface area contributed by atoms with Crippen molar-refractivity contribution in [2.75, 3.05) is 5.32 Å². The van der Waals surface area contributed by atoms with E-state index in [1.165, 1.54) is 17.8 Å². The summed E-state index contributed by atoms with van der Waals surface area (Å²) in [6, 6.07) is 9.41. The van der Waals surface area contributed by atoms with Gasteiger partial charge in [0.25, 0.3) is 11.8 Å². The van der Waals surface area contributed by atoms with Gasteiger partial charge in [0.05, 0.1) is 5.56 Å². The number of aromatic nitrogens is 1. The number of benzene rings is 1. The molecule has 0 spiro atoms. The molecule has 2 heterocycles. The van der Waals surface area contributed by atoms with Crippen molar-refractivity contribution in [1.82, 2.24) is 5.16 Å². The molecule has 7 heteroatoms. The van der Waals surface area contributed by atoms with E-state index in [0.717, 1.165) is 41.7 Å². The fourth-order valence-electron chi connectivity index (χ4n) is 4.26. The Labute approximate surface area is 179 Å². The molecule has 0 radical (unpaired) electrons. The maximum Gasteiger partial charge on any atom is 0.262 e. The predicted octanol–water partition coefficient (Wildman–Crippen LogP) is 4.97. The highest BCUT2D eigenvalue weighted by atomic mass is 32.1. The van der Waals surface area contributed by atoms with Crippen LogP contribution in [0.1, 0.15) is 63.1 Å². The fraction of sp³-hybridized carbons (Fsp3) is 0.348. The first kappa shape index (κ1) is 20.3. The normalized spacial score (nSPS) is 15.6. The van der Waals surface area contributed by atoms with Gasteiger partial charge in [0.15, 0.2) is 0 Å². The van der Waals surface area contributed by atoms with Gasteiger partial charge in [-0.15, -0.1) is 11.3 Å². The summed E-state index contributed by atoms with van der Waals surface area (Å²) >= 11 is 1.47. The Morgan fingerprint density at radius 3 is 2.73 bits per heavy atom. The molecule has 156 valence electrons. The van der Waals surface area contributed by atoms with E-state index in [2.05, 4.69) is 17.4 Å². The predicted molar refractivity (Wildman–Crippen MR) is 118 cm³/mol.